The number of anilines is 2. The molecule has 1 aromatic heterocycles. The molecule has 3 heterocycles. The minimum Gasteiger partial charge on any atom is -0.457 e. The van der Waals surface area contributed by atoms with Crippen LogP contribution in [0.15, 0.2) is 52.9 Å². The molecule has 0 aliphatic carbocycles. The highest BCUT2D eigenvalue weighted by molar-refractivity contribution is 6.75. The summed E-state index contributed by atoms with van der Waals surface area (Å²) in [4.78, 5) is 7.05. The van der Waals surface area contributed by atoms with Crippen molar-refractivity contribution in [3.8, 4) is 0 Å². The van der Waals surface area contributed by atoms with Crippen molar-refractivity contribution in [1.82, 2.24) is 4.81 Å². The first-order chi connectivity index (χ1) is 12.1. The second-order valence-electron chi connectivity index (χ2n) is 6.89. The Morgan fingerprint density at radius 2 is 1.68 bits per heavy atom. The standard InChI is InChI=1S/C20H20BN3O/c1-14-23(3)17-9-5-6-10-18(17)24(14)21-12-20-16(13-22(21)2)15-8-4-7-11-19(15)25-20/h4-14H,1-3H3/t14-/m0/s1. The molecule has 1 atom stereocenters. The number of para-hydroxylation sites is 3. The molecule has 0 N–H and O–H groups in total. The van der Waals surface area contributed by atoms with Crippen LogP contribution >= 0.6 is 0 Å². The smallest absolute Gasteiger partial charge is 0.408 e. The lowest BCUT2D eigenvalue weighted by molar-refractivity contribution is 0.571. The number of benzene rings is 2. The van der Waals surface area contributed by atoms with Crippen molar-refractivity contribution in [2.24, 2.45) is 0 Å². The zero-order valence-corrected chi connectivity index (χ0v) is 14.7. The molecule has 25 heavy (non-hydrogen) atoms. The largest absolute Gasteiger partial charge is 0.457 e. The molecule has 5 rings (SSSR count). The van der Waals surface area contributed by atoms with Gasteiger partial charge in [0.05, 0.1) is 17.5 Å². The summed E-state index contributed by atoms with van der Waals surface area (Å²) >= 11 is 0. The number of rotatable bonds is 1. The number of hydrogen-bond acceptors (Lipinski definition) is 4. The third kappa shape index (κ3) is 1.95. The first kappa shape index (κ1) is 14.5. The molecule has 4 nitrogen and oxygen atoms in total. The van der Waals surface area contributed by atoms with E-state index in [1.807, 2.05) is 12.1 Å². The topological polar surface area (TPSA) is 22.9 Å². The van der Waals surface area contributed by atoms with Crippen LogP contribution in [-0.2, 0) is 0 Å². The van der Waals surface area contributed by atoms with Gasteiger partial charge in [0.2, 0.25) is 0 Å². The SMILES string of the molecule is C[C@H]1N(C)c2ccccc2N1B1C=c2oc3ccccc3c2=CN1C. The Kier molecular flexibility index (Phi) is 2.96. The highest BCUT2D eigenvalue weighted by atomic mass is 16.3. The first-order valence-electron chi connectivity index (χ1n) is 8.68. The average molecular weight is 329 g/mol. The molecular weight excluding hydrogens is 309 g/mol. The van der Waals surface area contributed by atoms with Gasteiger partial charge in [-0.2, -0.15) is 0 Å². The van der Waals surface area contributed by atoms with E-state index in [1.165, 1.54) is 22.0 Å². The van der Waals surface area contributed by atoms with E-state index in [4.69, 9.17) is 4.42 Å². The predicted octanol–water partition coefficient (Wildman–Crippen LogP) is 2.23. The summed E-state index contributed by atoms with van der Waals surface area (Å²) in [5.41, 5.74) is 4.44. The van der Waals surface area contributed by atoms with Crippen molar-refractivity contribution in [3.05, 3.63) is 59.2 Å². The van der Waals surface area contributed by atoms with E-state index in [-0.39, 0.29) is 13.1 Å². The van der Waals surface area contributed by atoms with E-state index in [1.54, 1.807) is 0 Å². The van der Waals surface area contributed by atoms with Gasteiger partial charge in [-0.3, -0.25) is 0 Å². The van der Waals surface area contributed by atoms with Gasteiger partial charge in [-0.1, -0.05) is 30.3 Å². The molecule has 5 heteroatoms. The van der Waals surface area contributed by atoms with Crippen LogP contribution in [0.3, 0.4) is 0 Å². The van der Waals surface area contributed by atoms with Gasteiger partial charge in [0.25, 0.3) is 0 Å². The lowest BCUT2D eigenvalue weighted by Gasteiger charge is -2.36. The summed E-state index contributed by atoms with van der Waals surface area (Å²) in [6, 6.07) is 16.8. The van der Waals surface area contributed by atoms with Gasteiger partial charge in [0, 0.05) is 23.9 Å². The normalized spacial score (nSPS) is 18.9. The van der Waals surface area contributed by atoms with Crippen molar-refractivity contribution in [1.29, 1.82) is 0 Å². The molecule has 0 radical (unpaired) electrons. The van der Waals surface area contributed by atoms with E-state index >= 15 is 0 Å². The molecule has 0 saturated carbocycles. The van der Waals surface area contributed by atoms with Crippen molar-refractivity contribution >= 4 is 41.5 Å². The van der Waals surface area contributed by atoms with Gasteiger partial charge in [-0.25, -0.2) is 0 Å². The Morgan fingerprint density at radius 3 is 2.52 bits per heavy atom. The van der Waals surface area contributed by atoms with E-state index < -0.39 is 0 Å². The van der Waals surface area contributed by atoms with Crippen molar-refractivity contribution < 1.29 is 4.42 Å². The van der Waals surface area contributed by atoms with Gasteiger partial charge < -0.3 is 18.9 Å². The van der Waals surface area contributed by atoms with E-state index in [9.17, 15) is 0 Å². The molecule has 3 aromatic rings. The van der Waals surface area contributed by atoms with Crippen LogP contribution in [0, 0.1) is 0 Å². The minimum absolute atomic E-state index is 0.120. The molecular formula is C20H20BN3O. The molecule has 2 aromatic carbocycles. The Labute approximate surface area is 147 Å². The molecule has 0 bridgehead atoms. The number of fused-ring (bicyclic) bond motifs is 4. The summed E-state index contributed by atoms with van der Waals surface area (Å²) < 4.78 is 6.12. The lowest BCUT2D eigenvalue weighted by Crippen LogP contribution is -2.56. The van der Waals surface area contributed by atoms with Crippen LogP contribution < -0.4 is 20.3 Å². The van der Waals surface area contributed by atoms with Gasteiger partial charge >= 0.3 is 6.98 Å². The van der Waals surface area contributed by atoms with E-state index in [0.29, 0.717) is 0 Å². The highest BCUT2D eigenvalue weighted by Crippen LogP contribution is 2.39. The summed E-state index contributed by atoms with van der Waals surface area (Å²) in [5, 5.41) is 2.34. The summed E-state index contributed by atoms with van der Waals surface area (Å²) in [5.74, 6) is 2.24. The van der Waals surface area contributed by atoms with Crippen LogP contribution in [0.25, 0.3) is 23.1 Å². The van der Waals surface area contributed by atoms with Crippen molar-refractivity contribution in [3.63, 3.8) is 0 Å². The number of hydrogen-bond donors (Lipinski definition) is 0. The van der Waals surface area contributed by atoms with Gasteiger partial charge in [0.1, 0.15) is 11.0 Å². The summed E-state index contributed by atoms with van der Waals surface area (Å²) in [7, 11) is 4.29. The van der Waals surface area contributed by atoms with Crippen molar-refractivity contribution in [2.75, 3.05) is 23.8 Å². The maximum Gasteiger partial charge on any atom is 0.408 e. The Morgan fingerprint density at radius 1 is 0.960 bits per heavy atom. The molecule has 2 aliphatic heterocycles. The lowest BCUT2D eigenvalue weighted by atomic mass is 9.69. The highest BCUT2D eigenvalue weighted by Gasteiger charge is 2.39. The average Bonchev–Trinajstić information content (AvgIpc) is 3.10. The molecule has 0 unspecified atom stereocenters. The molecule has 0 spiro atoms. The fourth-order valence-corrected chi connectivity index (χ4v) is 4.08. The minimum atomic E-state index is 0.120. The Hall–Kier alpha value is -2.82. The zero-order valence-electron chi connectivity index (χ0n) is 14.7. The fraction of sp³-hybridized carbons (Fsp3) is 0.200. The Bertz CT molecular complexity index is 1090. The fourth-order valence-electron chi connectivity index (χ4n) is 4.08. The van der Waals surface area contributed by atoms with E-state index in [2.05, 4.69) is 84.1 Å². The van der Waals surface area contributed by atoms with Gasteiger partial charge in [-0.15, -0.1) is 0 Å². The van der Waals surface area contributed by atoms with Crippen LogP contribution in [0.1, 0.15) is 6.92 Å². The quantitative estimate of drug-likeness (QED) is 0.639. The van der Waals surface area contributed by atoms with Gasteiger partial charge in [-0.05, 0) is 38.1 Å². The number of nitrogens with zero attached hydrogens (tertiary/aromatic N) is 3. The second kappa shape index (κ2) is 5.09. The van der Waals surface area contributed by atoms with Crippen LogP contribution in [0.4, 0.5) is 11.4 Å². The number of furan rings is 1. The maximum atomic E-state index is 6.12. The van der Waals surface area contributed by atoms with E-state index in [0.717, 1.165) is 11.0 Å². The second-order valence-corrected chi connectivity index (χ2v) is 6.89. The van der Waals surface area contributed by atoms with Crippen LogP contribution in [-0.4, -0.2) is 32.1 Å². The zero-order chi connectivity index (χ0) is 17.1. The van der Waals surface area contributed by atoms with Crippen LogP contribution in [0.2, 0.25) is 0 Å². The predicted molar refractivity (Wildman–Crippen MR) is 105 cm³/mol. The summed E-state index contributed by atoms with van der Waals surface area (Å²) in [6.07, 6.45) is 2.49. The molecule has 0 saturated heterocycles. The maximum absolute atomic E-state index is 6.12. The monoisotopic (exact) mass is 329 g/mol. The van der Waals surface area contributed by atoms with Gasteiger partial charge in [0.15, 0.2) is 0 Å². The molecule has 2 aliphatic rings. The van der Waals surface area contributed by atoms with Crippen LogP contribution in [0.5, 0.6) is 0 Å². The first-order valence-corrected chi connectivity index (χ1v) is 8.68. The Balaban J connectivity index is 1.69. The summed E-state index contributed by atoms with van der Waals surface area (Å²) in [6.45, 7) is 2.37. The van der Waals surface area contributed by atoms with Crippen molar-refractivity contribution in [2.45, 2.75) is 13.1 Å². The molecule has 0 amide bonds. The third-order valence-electron chi connectivity index (χ3n) is 5.50. The molecule has 0 fully saturated rings. The molecule has 124 valence electrons. The third-order valence-corrected chi connectivity index (χ3v) is 5.50.